The summed E-state index contributed by atoms with van der Waals surface area (Å²) in [6.45, 7) is 0. The Morgan fingerprint density at radius 2 is 1.89 bits per heavy atom. The van der Waals surface area contributed by atoms with Crippen LogP contribution in [0.1, 0.15) is 37.3 Å². The molecular formula is C13H15ClF3NO. The number of hydrogen-bond acceptors (Lipinski definition) is 2. The molecule has 0 heterocycles. The van der Waals surface area contributed by atoms with Crippen LogP contribution >= 0.6 is 11.6 Å². The molecular weight excluding hydrogens is 279 g/mol. The highest BCUT2D eigenvalue weighted by Crippen LogP contribution is 2.37. The normalized spacial score (nSPS) is 18.6. The van der Waals surface area contributed by atoms with E-state index in [4.69, 9.17) is 17.3 Å². The second-order valence-corrected chi connectivity index (χ2v) is 5.22. The maximum absolute atomic E-state index is 12.1. The maximum atomic E-state index is 12.1. The number of halogens is 4. The Balaban J connectivity index is 2.13. The van der Waals surface area contributed by atoms with Crippen molar-refractivity contribution in [2.24, 2.45) is 11.7 Å². The van der Waals surface area contributed by atoms with Gasteiger partial charge in [-0.1, -0.05) is 30.5 Å². The van der Waals surface area contributed by atoms with Crippen molar-refractivity contribution in [2.75, 3.05) is 0 Å². The molecule has 1 aliphatic carbocycles. The molecule has 2 rings (SSSR count). The summed E-state index contributed by atoms with van der Waals surface area (Å²) in [7, 11) is 0. The van der Waals surface area contributed by atoms with Gasteiger partial charge < -0.3 is 10.5 Å². The monoisotopic (exact) mass is 293 g/mol. The van der Waals surface area contributed by atoms with Crippen LogP contribution in [-0.2, 0) is 0 Å². The van der Waals surface area contributed by atoms with E-state index in [0.29, 0.717) is 5.92 Å². The molecule has 0 spiro atoms. The van der Waals surface area contributed by atoms with Crippen molar-refractivity contribution in [3.63, 3.8) is 0 Å². The first-order chi connectivity index (χ1) is 8.87. The van der Waals surface area contributed by atoms with E-state index in [1.807, 2.05) is 0 Å². The Kier molecular flexibility index (Phi) is 4.26. The molecule has 2 nitrogen and oxygen atoms in total. The molecule has 0 bridgehead atoms. The van der Waals surface area contributed by atoms with Crippen molar-refractivity contribution in [3.8, 4) is 5.75 Å². The van der Waals surface area contributed by atoms with E-state index in [2.05, 4.69) is 4.74 Å². The molecule has 1 aromatic carbocycles. The Bertz CT molecular complexity index is 444. The van der Waals surface area contributed by atoms with E-state index in [1.165, 1.54) is 12.1 Å². The predicted molar refractivity (Wildman–Crippen MR) is 67.0 cm³/mol. The van der Waals surface area contributed by atoms with E-state index in [-0.39, 0.29) is 11.1 Å². The van der Waals surface area contributed by atoms with Crippen molar-refractivity contribution in [1.82, 2.24) is 0 Å². The standard InChI is InChI=1S/C13H15ClF3NO/c14-10-7-9(12(18)8-3-1-2-4-8)5-6-11(10)19-13(15,16)17/h5-8,12H,1-4,18H2/t12-/m1/s1. The lowest BCUT2D eigenvalue weighted by Crippen LogP contribution is -2.20. The zero-order valence-electron chi connectivity index (χ0n) is 10.2. The number of nitrogens with two attached hydrogens (primary N) is 1. The van der Waals surface area contributed by atoms with Crippen LogP contribution in [0.25, 0.3) is 0 Å². The third-order valence-electron chi connectivity index (χ3n) is 3.47. The third-order valence-corrected chi connectivity index (χ3v) is 3.77. The average Bonchev–Trinajstić information content (AvgIpc) is 2.82. The van der Waals surface area contributed by atoms with Crippen LogP contribution in [0, 0.1) is 5.92 Å². The number of hydrogen-bond donors (Lipinski definition) is 1. The number of benzene rings is 1. The lowest BCUT2D eigenvalue weighted by molar-refractivity contribution is -0.274. The number of ether oxygens (including phenoxy) is 1. The van der Waals surface area contributed by atoms with Crippen LogP contribution in [0.3, 0.4) is 0 Å². The van der Waals surface area contributed by atoms with Crippen molar-refractivity contribution < 1.29 is 17.9 Å². The van der Waals surface area contributed by atoms with Crippen molar-refractivity contribution >= 4 is 11.6 Å². The van der Waals surface area contributed by atoms with Crippen LogP contribution in [0.2, 0.25) is 5.02 Å². The van der Waals surface area contributed by atoms with Gasteiger partial charge in [0.2, 0.25) is 0 Å². The molecule has 0 aromatic heterocycles. The Morgan fingerprint density at radius 1 is 1.26 bits per heavy atom. The summed E-state index contributed by atoms with van der Waals surface area (Å²) < 4.78 is 40.2. The molecule has 106 valence electrons. The Hall–Kier alpha value is -0.940. The van der Waals surface area contributed by atoms with Gasteiger partial charge in [0.15, 0.2) is 0 Å². The van der Waals surface area contributed by atoms with Gasteiger partial charge in [-0.3, -0.25) is 0 Å². The zero-order valence-corrected chi connectivity index (χ0v) is 11.0. The lowest BCUT2D eigenvalue weighted by atomic mass is 9.92. The average molecular weight is 294 g/mol. The van der Waals surface area contributed by atoms with Crippen LogP contribution in [0.5, 0.6) is 5.75 Å². The minimum Gasteiger partial charge on any atom is -0.404 e. The van der Waals surface area contributed by atoms with Crippen LogP contribution < -0.4 is 10.5 Å². The van der Waals surface area contributed by atoms with Crippen molar-refractivity contribution in [1.29, 1.82) is 0 Å². The smallest absolute Gasteiger partial charge is 0.404 e. The molecule has 1 aliphatic rings. The van der Waals surface area contributed by atoms with Crippen LogP contribution in [0.15, 0.2) is 18.2 Å². The summed E-state index contributed by atoms with van der Waals surface area (Å²) in [5.74, 6) is -0.0120. The fourth-order valence-electron chi connectivity index (χ4n) is 2.52. The van der Waals surface area contributed by atoms with E-state index in [1.54, 1.807) is 6.07 Å². The van der Waals surface area contributed by atoms with Gasteiger partial charge in [-0.2, -0.15) is 0 Å². The van der Waals surface area contributed by atoms with E-state index in [0.717, 1.165) is 31.2 Å². The topological polar surface area (TPSA) is 35.2 Å². The third kappa shape index (κ3) is 3.76. The molecule has 0 radical (unpaired) electrons. The van der Waals surface area contributed by atoms with Crippen molar-refractivity contribution in [3.05, 3.63) is 28.8 Å². The quantitative estimate of drug-likeness (QED) is 0.895. The van der Waals surface area contributed by atoms with Gasteiger partial charge in [0.1, 0.15) is 5.75 Å². The van der Waals surface area contributed by atoms with E-state index < -0.39 is 12.1 Å². The summed E-state index contributed by atoms with van der Waals surface area (Å²) in [5, 5.41) is -0.0664. The minimum absolute atomic E-state index is 0.0664. The number of alkyl halides is 3. The van der Waals surface area contributed by atoms with Gasteiger partial charge in [-0.15, -0.1) is 13.2 Å². The molecule has 19 heavy (non-hydrogen) atoms. The lowest BCUT2D eigenvalue weighted by Gasteiger charge is -2.20. The zero-order chi connectivity index (χ0) is 14.0. The molecule has 0 aliphatic heterocycles. The molecule has 0 unspecified atom stereocenters. The minimum atomic E-state index is -4.74. The van der Waals surface area contributed by atoms with E-state index in [9.17, 15) is 13.2 Å². The highest BCUT2D eigenvalue weighted by atomic mass is 35.5. The number of rotatable bonds is 3. The van der Waals surface area contributed by atoms with Gasteiger partial charge in [0.25, 0.3) is 0 Å². The fourth-order valence-corrected chi connectivity index (χ4v) is 2.75. The first-order valence-electron chi connectivity index (χ1n) is 6.17. The molecule has 1 aromatic rings. The summed E-state index contributed by atoms with van der Waals surface area (Å²) in [5.41, 5.74) is 6.88. The predicted octanol–water partition coefficient (Wildman–Crippen LogP) is 4.43. The van der Waals surface area contributed by atoms with Crippen molar-refractivity contribution in [2.45, 2.75) is 38.1 Å². The molecule has 0 saturated heterocycles. The summed E-state index contributed by atoms with van der Waals surface area (Å²) >= 11 is 5.81. The second kappa shape index (κ2) is 5.59. The summed E-state index contributed by atoms with van der Waals surface area (Å²) in [4.78, 5) is 0. The molecule has 1 atom stereocenters. The molecule has 2 N–H and O–H groups in total. The summed E-state index contributed by atoms with van der Waals surface area (Å²) in [6.07, 6.45) is -0.319. The highest BCUT2D eigenvalue weighted by Gasteiger charge is 2.32. The molecule has 1 fully saturated rings. The second-order valence-electron chi connectivity index (χ2n) is 4.81. The SMILES string of the molecule is N[C@@H](c1ccc(OC(F)(F)F)c(Cl)c1)C1CCCC1. The Morgan fingerprint density at radius 3 is 2.42 bits per heavy atom. The fraction of sp³-hybridized carbons (Fsp3) is 0.538. The van der Waals surface area contributed by atoms with Crippen LogP contribution in [0.4, 0.5) is 13.2 Å². The first-order valence-corrected chi connectivity index (χ1v) is 6.55. The molecule has 1 saturated carbocycles. The Labute approximate surface area is 114 Å². The highest BCUT2D eigenvalue weighted by molar-refractivity contribution is 6.32. The largest absolute Gasteiger partial charge is 0.573 e. The maximum Gasteiger partial charge on any atom is 0.573 e. The molecule has 6 heteroatoms. The van der Waals surface area contributed by atoms with Gasteiger partial charge in [-0.05, 0) is 36.5 Å². The van der Waals surface area contributed by atoms with Gasteiger partial charge in [0, 0.05) is 6.04 Å². The van der Waals surface area contributed by atoms with Gasteiger partial charge in [-0.25, -0.2) is 0 Å². The van der Waals surface area contributed by atoms with E-state index >= 15 is 0 Å². The van der Waals surface area contributed by atoms with Gasteiger partial charge >= 0.3 is 6.36 Å². The molecule has 0 amide bonds. The summed E-state index contributed by atoms with van der Waals surface area (Å²) in [6, 6.07) is 4.06. The van der Waals surface area contributed by atoms with Crippen LogP contribution in [-0.4, -0.2) is 6.36 Å². The first kappa shape index (κ1) is 14.5. The van der Waals surface area contributed by atoms with Gasteiger partial charge in [0.05, 0.1) is 5.02 Å².